The van der Waals surface area contributed by atoms with E-state index < -0.39 is 0 Å². The minimum atomic E-state index is 0.138. The Balaban J connectivity index is 1.77. The smallest absolute Gasteiger partial charge is 0.223 e. The average Bonchev–Trinajstić information content (AvgIpc) is 2.34. The topological polar surface area (TPSA) is 55.1 Å². The number of hydrogen-bond acceptors (Lipinski definition) is 2. The highest BCUT2D eigenvalue weighted by Crippen LogP contribution is 2.25. The van der Waals surface area contributed by atoms with Crippen LogP contribution in [0.4, 0.5) is 0 Å². The summed E-state index contributed by atoms with van der Waals surface area (Å²) in [7, 11) is 0. The fourth-order valence-corrected chi connectivity index (χ4v) is 2.32. The maximum Gasteiger partial charge on any atom is 0.223 e. The summed E-state index contributed by atoms with van der Waals surface area (Å²) < 4.78 is 0. The van der Waals surface area contributed by atoms with E-state index in [2.05, 4.69) is 36.5 Å². The van der Waals surface area contributed by atoms with Gasteiger partial charge in [-0.1, -0.05) is 37.6 Å². The molecule has 18 heavy (non-hydrogen) atoms. The Kier molecular flexibility index (Phi) is 4.37. The van der Waals surface area contributed by atoms with E-state index in [9.17, 15) is 4.79 Å². The number of aryl methyl sites for hydroxylation is 1. The predicted molar refractivity (Wildman–Crippen MR) is 73.0 cm³/mol. The molecule has 98 valence electrons. The van der Waals surface area contributed by atoms with Crippen molar-refractivity contribution in [2.24, 2.45) is 11.7 Å². The lowest BCUT2D eigenvalue weighted by Crippen LogP contribution is -2.44. The SMILES string of the molecule is CCCc1ccc(CNC(=O)C2CC(N)C2)cc1. The van der Waals surface area contributed by atoms with E-state index in [1.54, 1.807) is 0 Å². The Labute approximate surface area is 109 Å². The third-order valence-corrected chi connectivity index (χ3v) is 3.57. The van der Waals surface area contributed by atoms with Gasteiger partial charge in [0.05, 0.1) is 0 Å². The monoisotopic (exact) mass is 246 g/mol. The van der Waals surface area contributed by atoms with Crippen LogP contribution in [0.15, 0.2) is 24.3 Å². The normalized spacial score (nSPS) is 22.3. The molecule has 1 aromatic carbocycles. The number of nitrogens with one attached hydrogen (secondary N) is 1. The van der Waals surface area contributed by atoms with Gasteiger partial charge in [0.15, 0.2) is 0 Å². The van der Waals surface area contributed by atoms with Crippen molar-refractivity contribution in [2.75, 3.05) is 0 Å². The van der Waals surface area contributed by atoms with Gasteiger partial charge in [0.25, 0.3) is 0 Å². The van der Waals surface area contributed by atoms with Gasteiger partial charge in [-0.3, -0.25) is 4.79 Å². The fourth-order valence-electron chi connectivity index (χ4n) is 2.32. The van der Waals surface area contributed by atoms with Crippen LogP contribution in [0, 0.1) is 5.92 Å². The third-order valence-electron chi connectivity index (χ3n) is 3.57. The number of rotatable bonds is 5. The number of hydrogen-bond donors (Lipinski definition) is 2. The van der Waals surface area contributed by atoms with E-state index >= 15 is 0 Å². The summed E-state index contributed by atoms with van der Waals surface area (Å²) in [6, 6.07) is 8.71. The fraction of sp³-hybridized carbons (Fsp3) is 0.533. The number of benzene rings is 1. The highest BCUT2D eigenvalue weighted by Gasteiger charge is 2.31. The Morgan fingerprint density at radius 1 is 1.28 bits per heavy atom. The quantitative estimate of drug-likeness (QED) is 0.835. The molecule has 1 aromatic rings. The zero-order valence-corrected chi connectivity index (χ0v) is 11.0. The van der Waals surface area contributed by atoms with Crippen molar-refractivity contribution in [1.29, 1.82) is 0 Å². The molecule has 1 aliphatic carbocycles. The molecule has 3 nitrogen and oxygen atoms in total. The second kappa shape index (κ2) is 6.01. The van der Waals surface area contributed by atoms with Crippen molar-refractivity contribution in [3.05, 3.63) is 35.4 Å². The van der Waals surface area contributed by atoms with Crippen LogP contribution in [0.2, 0.25) is 0 Å². The maximum absolute atomic E-state index is 11.7. The van der Waals surface area contributed by atoms with Gasteiger partial charge >= 0.3 is 0 Å². The molecule has 1 saturated carbocycles. The van der Waals surface area contributed by atoms with E-state index in [0.717, 1.165) is 31.2 Å². The lowest BCUT2D eigenvalue weighted by atomic mass is 9.80. The summed E-state index contributed by atoms with van der Waals surface area (Å²) in [5.74, 6) is 0.286. The minimum Gasteiger partial charge on any atom is -0.352 e. The molecule has 0 aliphatic heterocycles. The van der Waals surface area contributed by atoms with Gasteiger partial charge in [0.1, 0.15) is 0 Å². The molecule has 2 rings (SSSR count). The molecule has 1 amide bonds. The summed E-state index contributed by atoms with van der Waals surface area (Å²) in [6.07, 6.45) is 3.95. The lowest BCUT2D eigenvalue weighted by molar-refractivity contribution is -0.128. The van der Waals surface area contributed by atoms with E-state index in [1.807, 2.05) is 0 Å². The zero-order chi connectivity index (χ0) is 13.0. The second-order valence-corrected chi connectivity index (χ2v) is 5.21. The van der Waals surface area contributed by atoms with E-state index in [-0.39, 0.29) is 17.9 Å². The molecule has 3 N–H and O–H groups in total. The van der Waals surface area contributed by atoms with Gasteiger partial charge in [-0.2, -0.15) is 0 Å². The number of carbonyl (C=O) groups is 1. The number of carbonyl (C=O) groups excluding carboxylic acids is 1. The van der Waals surface area contributed by atoms with Gasteiger partial charge < -0.3 is 11.1 Å². The Bertz CT molecular complexity index is 393. The van der Waals surface area contributed by atoms with Crippen LogP contribution in [0.5, 0.6) is 0 Å². The molecule has 0 saturated heterocycles. The molecule has 0 spiro atoms. The van der Waals surface area contributed by atoms with Crippen LogP contribution in [0.25, 0.3) is 0 Å². The van der Waals surface area contributed by atoms with Crippen molar-refractivity contribution >= 4 is 5.91 Å². The Morgan fingerprint density at radius 3 is 2.44 bits per heavy atom. The van der Waals surface area contributed by atoms with E-state index in [0.29, 0.717) is 6.54 Å². The zero-order valence-electron chi connectivity index (χ0n) is 11.0. The first-order chi connectivity index (χ1) is 8.69. The molecule has 1 fully saturated rings. The van der Waals surface area contributed by atoms with Crippen LogP contribution in [-0.2, 0) is 17.8 Å². The van der Waals surface area contributed by atoms with Gasteiger partial charge in [0, 0.05) is 18.5 Å². The van der Waals surface area contributed by atoms with Crippen LogP contribution in [0.3, 0.4) is 0 Å². The summed E-state index contributed by atoms with van der Waals surface area (Å²) in [6.45, 7) is 2.80. The average molecular weight is 246 g/mol. The highest BCUT2D eigenvalue weighted by molar-refractivity contribution is 5.79. The molecule has 0 bridgehead atoms. The number of nitrogens with two attached hydrogens (primary N) is 1. The van der Waals surface area contributed by atoms with Gasteiger partial charge in [-0.25, -0.2) is 0 Å². The van der Waals surface area contributed by atoms with Crippen molar-refractivity contribution in [3.8, 4) is 0 Å². The van der Waals surface area contributed by atoms with Crippen molar-refractivity contribution in [1.82, 2.24) is 5.32 Å². The maximum atomic E-state index is 11.7. The van der Waals surface area contributed by atoms with E-state index in [4.69, 9.17) is 5.73 Å². The van der Waals surface area contributed by atoms with Crippen LogP contribution in [-0.4, -0.2) is 11.9 Å². The Hall–Kier alpha value is -1.35. The molecule has 0 unspecified atom stereocenters. The molecule has 0 atom stereocenters. The number of amides is 1. The second-order valence-electron chi connectivity index (χ2n) is 5.21. The van der Waals surface area contributed by atoms with Crippen molar-refractivity contribution in [3.63, 3.8) is 0 Å². The molecular weight excluding hydrogens is 224 g/mol. The molecular formula is C15H22N2O. The van der Waals surface area contributed by atoms with Crippen LogP contribution >= 0.6 is 0 Å². The van der Waals surface area contributed by atoms with Crippen molar-refractivity contribution < 1.29 is 4.79 Å². The standard InChI is InChI=1S/C15H22N2O/c1-2-3-11-4-6-12(7-5-11)10-17-15(18)13-8-14(16)9-13/h4-7,13-14H,2-3,8-10,16H2,1H3,(H,17,18). The first-order valence-electron chi connectivity index (χ1n) is 6.80. The van der Waals surface area contributed by atoms with Gasteiger partial charge in [-0.05, 0) is 30.4 Å². The summed E-state index contributed by atoms with van der Waals surface area (Å²) >= 11 is 0. The summed E-state index contributed by atoms with van der Waals surface area (Å²) in [4.78, 5) is 11.7. The van der Waals surface area contributed by atoms with Crippen LogP contribution in [0.1, 0.15) is 37.3 Å². The minimum absolute atomic E-state index is 0.138. The highest BCUT2D eigenvalue weighted by atomic mass is 16.1. The first-order valence-corrected chi connectivity index (χ1v) is 6.80. The molecule has 0 heterocycles. The van der Waals surface area contributed by atoms with Crippen molar-refractivity contribution in [2.45, 2.75) is 45.2 Å². The molecule has 3 heteroatoms. The summed E-state index contributed by atoms with van der Waals surface area (Å²) in [5, 5.41) is 2.98. The van der Waals surface area contributed by atoms with E-state index in [1.165, 1.54) is 5.56 Å². The molecule has 0 radical (unpaired) electrons. The predicted octanol–water partition coefficient (Wildman–Crippen LogP) is 1.99. The Morgan fingerprint density at radius 2 is 1.89 bits per heavy atom. The molecule has 1 aliphatic rings. The summed E-state index contributed by atoms with van der Waals surface area (Å²) in [5.41, 5.74) is 8.20. The third kappa shape index (κ3) is 3.33. The first kappa shape index (κ1) is 13.1. The van der Waals surface area contributed by atoms with Gasteiger partial charge in [-0.15, -0.1) is 0 Å². The van der Waals surface area contributed by atoms with Crippen LogP contribution < -0.4 is 11.1 Å². The molecule has 0 aromatic heterocycles. The largest absolute Gasteiger partial charge is 0.352 e. The lowest BCUT2D eigenvalue weighted by Gasteiger charge is -2.31. The van der Waals surface area contributed by atoms with Gasteiger partial charge in [0.2, 0.25) is 5.91 Å².